The Kier molecular flexibility index (Phi) is 6.36. The van der Waals surface area contributed by atoms with Crippen molar-refractivity contribution in [1.29, 1.82) is 0 Å². The average molecular weight is 291 g/mol. The number of carbonyl (C=O) groups excluding carboxylic acids is 1. The van der Waals surface area contributed by atoms with E-state index >= 15 is 0 Å². The standard InChI is InChI=1S/C12H23BrN2O/c1-10-4-8-15(9-5-10)7-3-6-14-12(16)11(2)13/h10-11H,3-9H2,1-2H3,(H,14,16). The van der Waals surface area contributed by atoms with E-state index in [1.165, 1.54) is 25.9 Å². The lowest BCUT2D eigenvalue weighted by atomic mass is 9.99. The summed E-state index contributed by atoms with van der Waals surface area (Å²) in [5.74, 6) is 0.984. The monoisotopic (exact) mass is 290 g/mol. The molecule has 1 aliphatic heterocycles. The van der Waals surface area contributed by atoms with Crippen LogP contribution in [-0.4, -0.2) is 41.8 Å². The Labute approximate surface area is 107 Å². The fourth-order valence-electron chi connectivity index (χ4n) is 1.94. The first-order chi connectivity index (χ1) is 7.59. The molecule has 0 aromatic heterocycles. The Hall–Kier alpha value is -0.0900. The number of rotatable bonds is 5. The molecule has 1 unspecified atom stereocenters. The summed E-state index contributed by atoms with van der Waals surface area (Å²) in [6.07, 6.45) is 3.70. The molecule has 0 bridgehead atoms. The first-order valence-electron chi connectivity index (χ1n) is 6.23. The van der Waals surface area contributed by atoms with Gasteiger partial charge in [0.1, 0.15) is 0 Å². The van der Waals surface area contributed by atoms with Gasteiger partial charge in [-0.15, -0.1) is 0 Å². The van der Waals surface area contributed by atoms with Crippen LogP contribution in [0.25, 0.3) is 0 Å². The number of alkyl halides is 1. The first-order valence-corrected chi connectivity index (χ1v) is 7.15. The normalized spacial score (nSPS) is 20.7. The Morgan fingerprint density at radius 1 is 1.50 bits per heavy atom. The van der Waals surface area contributed by atoms with Gasteiger partial charge in [0, 0.05) is 6.54 Å². The molecule has 1 aliphatic rings. The van der Waals surface area contributed by atoms with Gasteiger partial charge in [0.2, 0.25) is 5.91 Å². The predicted octanol–water partition coefficient (Wildman–Crippen LogP) is 2.01. The SMILES string of the molecule is CC1CCN(CCCNC(=O)C(C)Br)CC1. The Morgan fingerprint density at radius 3 is 2.69 bits per heavy atom. The number of piperidine rings is 1. The molecule has 3 nitrogen and oxygen atoms in total. The fourth-order valence-corrected chi connectivity index (χ4v) is 2.10. The summed E-state index contributed by atoms with van der Waals surface area (Å²) in [5.41, 5.74) is 0. The molecule has 1 amide bonds. The van der Waals surface area contributed by atoms with Crippen LogP contribution in [0.15, 0.2) is 0 Å². The number of nitrogens with one attached hydrogen (secondary N) is 1. The summed E-state index contributed by atoms with van der Waals surface area (Å²) in [5, 5.41) is 2.92. The zero-order valence-corrected chi connectivity index (χ0v) is 11.9. The summed E-state index contributed by atoms with van der Waals surface area (Å²) < 4.78 is 0. The summed E-state index contributed by atoms with van der Waals surface area (Å²) in [4.78, 5) is 13.7. The van der Waals surface area contributed by atoms with Gasteiger partial charge < -0.3 is 10.2 Å². The molecular weight excluding hydrogens is 268 g/mol. The number of hydrogen-bond acceptors (Lipinski definition) is 2. The number of amides is 1. The third-order valence-electron chi connectivity index (χ3n) is 3.19. The van der Waals surface area contributed by atoms with E-state index in [1.54, 1.807) is 0 Å². The third-order valence-corrected chi connectivity index (χ3v) is 3.60. The van der Waals surface area contributed by atoms with Crippen molar-refractivity contribution in [2.45, 2.75) is 37.9 Å². The highest BCUT2D eigenvalue weighted by atomic mass is 79.9. The van der Waals surface area contributed by atoms with Gasteiger partial charge in [0.05, 0.1) is 4.83 Å². The molecule has 1 rings (SSSR count). The van der Waals surface area contributed by atoms with Crippen LogP contribution < -0.4 is 5.32 Å². The number of carbonyl (C=O) groups is 1. The number of halogens is 1. The number of nitrogens with zero attached hydrogens (tertiary/aromatic N) is 1. The van der Waals surface area contributed by atoms with E-state index in [9.17, 15) is 4.79 Å². The van der Waals surface area contributed by atoms with Gasteiger partial charge in [-0.3, -0.25) is 4.79 Å². The van der Waals surface area contributed by atoms with Gasteiger partial charge in [0.15, 0.2) is 0 Å². The second kappa shape index (κ2) is 7.28. The Morgan fingerprint density at radius 2 is 2.12 bits per heavy atom. The van der Waals surface area contributed by atoms with Crippen molar-refractivity contribution < 1.29 is 4.79 Å². The highest BCUT2D eigenvalue weighted by Gasteiger charge is 2.15. The Balaban J connectivity index is 2.01. The maximum absolute atomic E-state index is 11.3. The van der Waals surface area contributed by atoms with E-state index in [2.05, 4.69) is 33.1 Å². The zero-order chi connectivity index (χ0) is 12.0. The molecule has 0 aromatic rings. The lowest BCUT2D eigenvalue weighted by Crippen LogP contribution is -2.36. The second-order valence-corrected chi connectivity index (χ2v) is 6.16. The minimum absolute atomic E-state index is 0.0802. The summed E-state index contributed by atoms with van der Waals surface area (Å²) in [6, 6.07) is 0. The van der Waals surface area contributed by atoms with Crippen LogP contribution in [0.1, 0.15) is 33.1 Å². The molecule has 1 heterocycles. The first kappa shape index (κ1) is 14.0. The molecule has 4 heteroatoms. The largest absolute Gasteiger partial charge is 0.355 e. The molecule has 0 aliphatic carbocycles. The fraction of sp³-hybridized carbons (Fsp3) is 0.917. The molecular formula is C12H23BrN2O. The van der Waals surface area contributed by atoms with Crippen LogP contribution in [-0.2, 0) is 4.79 Å². The van der Waals surface area contributed by atoms with Gasteiger partial charge in [-0.1, -0.05) is 22.9 Å². The van der Waals surface area contributed by atoms with Crippen molar-refractivity contribution in [3.63, 3.8) is 0 Å². The highest BCUT2D eigenvalue weighted by molar-refractivity contribution is 9.10. The predicted molar refractivity (Wildman–Crippen MR) is 70.9 cm³/mol. The average Bonchev–Trinajstić information content (AvgIpc) is 2.26. The van der Waals surface area contributed by atoms with Crippen LogP contribution in [0.4, 0.5) is 0 Å². The van der Waals surface area contributed by atoms with Gasteiger partial charge in [-0.2, -0.15) is 0 Å². The van der Waals surface area contributed by atoms with Gasteiger partial charge in [-0.25, -0.2) is 0 Å². The van der Waals surface area contributed by atoms with E-state index in [0.29, 0.717) is 0 Å². The summed E-state index contributed by atoms with van der Waals surface area (Å²) >= 11 is 3.25. The third kappa shape index (κ3) is 5.30. The molecule has 0 spiro atoms. The Bertz CT molecular complexity index is 213. The van der Waals surface area contributed by atoms with Gasteiger partial charge in [-0.05, 0) is 51.7 Å². The van der Waals surface area contributed by atoms with E-state index < -0.39 is 0 Å². The van der Waals surface area contributed by atoms with Crippen LogP contribution in [0, 0.1) is 5.92 Å². The van der Waals surface area contributed by atoms with Gasteiger partial charge in [0.25, 0.3) is 0 Å². The quantitative estimate of drug-likeness (QED) is 0.621. The molecule has 1 N–H and O–H groups in total. The molecule has 1 fully saturated rings. The number of hydrogen-bond donors (Lipinski definition) is 1. The van der Waals surface area contributed by atoms with E-state index in [-0.39, 0.29) is 10.7 Å². The van der Waals surface area contributed by atoms with E-state index in [1.807, 2.05) is 6.92 Å². The van der Waals surface area contributed by atoms with Crippen LogP contribution in [0.5, 0.6) is 0 Å². The van der Waals surface area contributed by atoms with Crippen molar-refractivity contribution in [3.05, 3.63) is 0 Å². The minimum atomic E-state index is -0.0802. The van der Waals surface area contributed by atoms with Crippen molar-refractivity contribution in [2.24, 2.45) is 5.92 Å². The smallest absolute Gasteiger partial charge is 0.233 e. The molecule has 0 aromatic carbocycles. The molecule has 16 heavy (non-hydrogen) atoms. The zero-order valence-electron chi connectivity index (χ0n) is 10.3. The van der Waals surface area contributed by atoms with E-state index in [0.717, 1.165) is 25.4 Å². The van der Waals surface area contributed by atoms with Crippen LogP contribution in [0.2, 0.25) is 0 Å². The van der Waals surface area contributed by atoms with E-state index in [4.69, 9.17) is 0 Å². The van der Waals surface area contributed by atoms with Crippen LogP contribution in [0.3, 0.4) is 0 Å². The summed E-state index contributed by atoms with van der Waals surface area (Å²) in [6.45, 7) is 8.54. The molecule has 0 saturated carbocycles. The van der Waals surface area contributed by atoms with Crippen molar-refractivity contribution in [3.8, 4) is 0 Å². The van der Waals surface area contributed by atoms with Gasteiger partial charge >= 0.3 is 0 Å². The summed E-state index contributed by atoms with van der Waals surface area (Å²) in [7, 11) is 0. The lowest BCUT2D eigenvalue weighted by Gasteiger charge is -2.30. The molecule has 1 saturated heterocycles. The maximum Gasteiger partial charge on any atom is 0.233 e. The van der Waals surface area contributed by atoms with Crippen molar-refractivity contribution in [2.75, 3.05) is 26.2 Å². The van der Waals surface area contributed by atoms with Crippen LogP contribution >= 0.6 is 15.9 Å². The topological polar surface area (TPSA) is 32.3 Å². The van der Waals surface area contributed by atoms with Crippen molar-refractivity contribution in [1.82, 2.24) is 10.2 Å². The molecule has 94 valence electrons. The minimum Gasteiger partial charge on any atom is -0.355 e. The highest BCUT2D eigenvalue weighted by Crippen LogP contribution is 2.15. The second-order valence-electron chi connectivity index (χ2n) is 4.78. The molecule has 1 atom stereocenters. The van der Waals surface area contributed by atoms with Crippen molar-refractivity contribution >= 4 is 21.8 Å². The number of likely N-dealkylation sites (tertiary alicyclic amines) is 1. The maximum atomic E-state index is 11.3. The molecule has 0 radical (unpaired) electrons. The lowest BCUT2D eigenvalue weighted by molar-refractivity contribution is -0.120.